The smallest absolute Gasteiger partial charge is 0.308 e. The van der Waals surface area contributed by atoms with Gasteiger partial charge in [-0.25, -0.2) is 0 Å². The zero-order valence-corrected chi connectivity index (χ0v) is 12.0. The molecule has 0 bridgehead atoms. The van der Waals surface area contributed by atoms with Crippen molar-refractivity contribution in [1.82, 2.24) is 4.90 Å². The number of hydrogen-bond donors (Lipinski definition) is 1. The fourth-order valence-corrected chi connectivity index (χ4v) is 2.70. The fourth-order valence-electron chi connectivity index (χ4n) is 1.35. The number of carboxylic acids is 1. The molecule has 0 aliphatic carbocycles. The molecule has 1 amide bonds. The molecule has 0 aliphatic rings. The molecule has 0 radical (unpaired) electrons. The number of hydrogen-bond acceptors (Lipinski definition) is 3. The first-order valence-electron chi connectivity index (χ1n) is 5.23. The van der Waals surface area contributed by atoms with E-state index in [9.17, 15) is 9.59 Å². The SMILES string of the molecule is CCN(CC(C)C(=O)O)C(=O)c1ccc(Br)s1. The van der Waals surface area contributed by atoms with Crippen molar-refractivity contribution in [2.45, 2.75) is 13.8 Å². The number of aliphatic carboxylic acids is 1. The summed E-state index contributed by atoms with van der Waals surface area (Å²) in [6, 6.07) is 3.55. The van der Waals surface area contributed by atoms with E-state index in [-0.39, 0.29) is 12.5 Å². The van der Waals surface area contributed by atoms with Gasteiger partial charge in [0, 0.05) is 13.1 Å². The average Bonchev–Trinajstić information content (AvgIpc) is 2.71. The molecule has 0 saturated carbocycles. The summed E-state index contributed by atoms with van der Waals surface area (Å²) < 4.78 is 0.892. The van der Waals surface area contributed by atoms with Gasteiger partial charge in [0.15, 0.2) is 0 Å². The Kier molecular flexibility index (Phi) is 5.14. The monoisotopic (exact) mass is 319 g/mol. The van der Waals surface area contributed by atoms with Crippen LogP contribution in [0.2, 0.25) is 0 Å². The van der Waals surface area contributed by atoms with Crippen molar-refractivity contribution in [1.29, 1.82) is 0 Å². The van der Waals surface area contributed by atoms with Gasteiger partial charge in [0.05, 0.1) is 14.6 Å². The van der Waals surface area contributed by atoms with Crippen LogP contribution in [0, 0.1) is 5.92 Å². The Balaban J connectivity index is 2.74. The standard InChI is InChI=1S/C11H14BrNO3S/c1-3-13(6-7(2)11(15)16)10(14)8-4-5-9(12)17-8/h4-5,7H,3,6H2,1-2H3,(H,15,16). The maximum absolute atomic E-state index is 12.1. The summed E-state index contributed by atoms with van der Waals surface area (Å²) in [7, 11) is 0. The normalized spacial score (nSPS) is 12.2. The Morgan fingerprint density at radius 1 is 1.53 bits per heavy atom. The molecule has 0 fully saturated rings. The van der Waals surface area contributed by atoms with Crippen LogP contribution in [-0.4, -0.2) is 35.0 Å². The Hall–Kier alpha value is -0.880. The third-order valence-electron chi connectivity index (χ3n) is 2.37. The van der Waals surface area contributed by atoms with Gasteiger partial charge >= 0.3 is 5.97 Å². The third kappa shape index (κ3) is 3.81. The van der Waals surface area contributed by atoms with Crippen molar-refractivity contribution in [3.8, 4) is 0 Å². The van der Waals surface area contributed by atoms with E-state index in [0.29, 0.717) is 11.4 Å². The molecule has 1 N–H and O–H groups in total. The van der Waals surface area contributed by atoms with Gasteiger partial charge in [-0.2, -0.15) is 0 Å². The van der Waals surface area contributed by atoms with E-state index in [1.54, 1.807) is 17.9 Å². The van der Waals surface area contributed by atoms with Crippen LogP contribution >= 0.6 is 27.3 Å². The summed E-state index contributed by atoms with van der Waals surface area (Å²) in [5.74, 6) is -1.55. The number of carbonyl (C=O) groups is 2. The fraction of sp³-hybridized carbons (Fsp3) is 0.455. The van der Waals surface area contributed by atoms with Crippen LogP contribution in [0.1, 0.15) is 23.5 Å². The van der Waals surface area contributed by atoms with E-state index in [4.69, 9.17) is 5.11 Å². The van der Waals surface area contributed by atoms with Crippen LogP contribution < -0.4 is 0 Å². The average molecular weight is 320 g/mol. The minimum absolute atomic E-state index is 0.115. The molecule has 1 unspecified atom stereocenters. The van der Waals surface area contributed by atoms with Crippen molar-refractivity contribution in [2.75, 3.05) is 13.1 Å². The lowest BCUT2D eigenvalue weighted by atomic mass is 10.1. The lowest BCUT2D eigenvalue weighted by Gasteiger charge is -2.22. The van der Waals surface area contributed by atoms with Crippen molar-refractivity contribution in [2.24, 2.45) is 5.92 Å². The van der Waals surface area contributed by atoms with Gasteiger partial charge in [-0.1, -0.05) is 6.92 Å². The van der Waals surface area contributed by atoms with E-state index < -0.39 is 11.9 Å². The second kappa shape index (κ2) is 6.16. The van der Waals surface area contributed by atoms with Crippen molar-refractivity contribution in [3.63, 3.8) is 0 Å². The zero-order chi connectivity index (χ0) is 13.0. The maximum atomic E-state index is 12.1. The highest BCUT2D eigenvalue weighted by Gasteiger charge is 2.21. The number of carbonyl (C=O) groups excluding carboxylic acids is 1. The topological polar surface area (TPSA) is 57.6 Å². The molecule has 1 atom stereocenters. The quantitative estimate of drug-likeness (QED) is 0.907. The highest BCUT2D eigenvalue weighted by molar-refractivity contribution is 9.11. The largest absolute Gasteiger partial charge is 0.481 e. The zero-order valence-electron chi connectivity index (χ0n) is 9.64. The van der Waals surface area contributed by atoms with Gasteiger partial charge in [-0.3, -0.25) is 9.59 Å². The molecule has 0 aromatic carbocycles. The highest BCUT2D eigenvalue weighted by Crippen LogP contribution is 2.23. The van der Waals surface area contributed by atoms with Gasteiger partial charge < -0.3 is 10.0 Å². The lowest BCUT2D eigenvalue weighted by Crippen LogP contribution is -2.36. The van der Waals surface area contributed by atoms with Crippen LogP contribution in [0.4, 0.5) is 0 Å². The lowest BCUT2D eigenvalue weighted by molar-refractivity contribution is -0.141. The van der Waals surface area contributed by atoms with E-state index in [1.165, 1.54) is 11.3 Å². The first kappa shape index (κ1) is 14.2. The van der Waals surface area contributed by atoms with Crippen LogP contribution in [0.15, 0.2) is 15.9 Å². The number of amides is 1. The summed E-state index contributed by atoms with van der Waals surface area (Å²) in [5.41, 5.74) is 0. The minimum atomic E-state index is -0.886. The van der Waals surface area contributed by atoms with Crippen LogP contribution in [-0.2, 0) is 4.79 Å². The van der Waals surface area contributed by atoms with E-state index in [0.717, 1.165) is 3.79 Å². The Labute approximate surface area is 112 Å². The number of carboxylic acid groups (broad SMARTS) is 1. The molecule has 0 aliphatic heterocycles. The second-order valence-electron chi connectivity index (χ2n) is 3.69. The summed E-state index contributed by atoms with van der Waals surface area (Å²) in [5, 5.41) is 8.84. The Morgan fingerprint density at radius 2 is 2.18 bits per heavy atom. The number of halogens is 1. The number of thiophene rings is 1. The molecule has 94 valence electrons. The molecule has 1 heterocycles. The van der Waals surface area contributed by atoms with Gasteiger partial charge in [-0.15, -0.1) is 11.3 Å². The first-order chi connectivity index (χ1) is 7.95. The van der Waals surface area contributed by atoms with Gasteiger partial charge in [0.25, 0.3) is 5.91 Å². The van der Waals surface area contributed by atoms with Gasteiger partial charge in [0.1, 0.15) is 0 Å². The minimum Gasteiger partial charge on any atom is -0.481 e. The van der Waals surface area contributed by atoms with E-state index >= 15 is 0 Å². The predicted octanol–water partition coefficient (Wildman–Crippen LogP) is 2.69. The number of rotatable bonds is 5. The third-order valence-corrected chi connectivity index (χ3v) is 3.98. The summed E-state index contributed by atoms with van der Waals surface area (Å²) in [6.45, 7) is 4.18. The van der Waals surface area contributed by atoms with Crippen molar-refractivity contribution >= 4 is 39.1 Å². The summed E-state index contributed by atoms with van der Waals surface area (Å²) in [6.07, 6.45) is 0. The molecule has 1 aromatic rings. The van der Waals surface area contributed by atoms with Crippen molar-refractivity contribution < 1.29 is 14.7 Å². The van der Waals surface area contributed by atoms with Crippen LogP contribution in [0.3, 0.4) is 0 Å². The summed E-state index contributed by atoms with van der Waals surface area (Å²) >= 11 is 4.65. The molecule has 1 rings (SSSR count). The molecule has 1 aromatic heterocycles. The summed E-state index contributed by atoms with van der Waals surface area (Å²) in [4.78, 5) is 25.0. The molecule has 4 nitrogen and oxygen atoms in total. The van der Waals surface area contributed by atoms with Crippen LogP contribution in [0.5, 0.6) is 0 Å². The van der Waals surface area contributed by atoms with E-state index in [1.807, 2.05) is 13.0 Å². The van der Waals surface area contributed by atoms with E-state index in [2.05, 4.69) is 15.9 Å². The van der Waals surface area contributed by atoms with Gasteiger partial charge in [0.2, 0.25) is 0 Å². The molecular weight excluding hydrogens is 306 g/mol. The maximum Gasteiger partial charge on any atom is 0.308 e. The molecular formula is C11H14BrNO3S. The predicted molar refractivity (Wildman–Crippen MR) is 70.4 cm³/mol. The first-order valence-corrected chi connectivity index (χ1v) is 6.84. The second-order valence-corrected chi connectivity index (χ2v) is 6.15. The molecule has 6 heteroatoms. The molecule has 17 heavy (non-hydrogen) atoms. The molecule has 0 spiro atoms. The van der Waals surface area contributed by atoms with Crippen LogP contribution in [0.25, 0.3) is 0 Å². The number of nitrogens with zero attached hydrogens (tertiary/aromatic N) is 1. The Morgan fingerprint density at radius 3 is 2.59 bits per heavy atom. The highest BCUT2D eigenvalue weighted by atomic mass is 79.9. The van der Waals surface area contributed by atoms with Crippen molar-refractivity contribution in [3.05, 3.63) is 20.8 Å². The Bertz CT molecular complexity index is 419. The van der Waals surface area contributed by atoms with Gasteiger partial charge in [-0.05, 0) is 35.0 Å². The molecule has 0 saturated heterocycles.